The van der Waals surface area contributed by atoms with Gasteiger partial charge < -0.3 is 4.98 Å². The monoisotopic (exact) mass is 308 g/mol. The third-order valence-electron chi connectivity index (χ3n) is 3.83. The van der Waals surface area contributed by atoms with Crippen LogP contribution in [-0.2, 0) is 14.1 Å². The minimum atomic E-state index is -0.512. The van der Waals surface area contributed by atoms with Crippen molar-refractivity contribution in [1.82, 2.24) is 14.1 Å². The van der Waals surface area contributed by atoms with Gasteiger partial charge in [0.15, 0.2) is 6.29 Å². The first-order chi connectivity index (χ1) is 11.0. The maximum Gasteiger partial charge on any atom is 0.331 e. The van der Waals surface area contributed by atoms with Crippen molar-refractivity contribution in [3.05, 3.63) is 56.4 Å². The van der Waals surface area contributed by atoms with Crippen molar-refractivity contribution >= 4 is 17.2 Å². The second-order valence-corrected chi connectivity index (χ2v) is 5.15. The fourth-order valence-corrected chi connectivity index (χ4v) is 2.69. The Kier molecular flexibility index (Phi) is 3.22. The molecular weight excluding hydrogens is 296 g/mol. The molecule has 0 bridgehead atoms. The molecule has 23 heavy (non-hydrogen) atoms. The summed E-state index contributed by atoms with van der Waals surface area (Å²) in [5.74, 6) is 0. The lowest BCUT2D eigenvalue weighted by molar-refractivity contribution is 0.112. The van der Waals surface area contributed by atoms with Gasteiger partial charge in [-0.1, -0.05) is 12.1 Å². The number of aldehydes is 1. The Morgan fingerprint density at radius 3 is 2.61 bits per heavy atom. The van der Waals surface area contributed by atoms with Crippen LogP contribution >= 0.6 is 0 Å². The van der Waals surface area contributed by atoms with Gasteiger partial charge in [0.1, 0.15) is 5.69 Å². The molecule has 0 spiro atoms. The van der Waals surface area contributed by atoms with Crippen molar-refractivity contribution in [3.8, 4) is 17.3 Å². The molecule has 0 aliphatic rings. The van der Waals surface area contributed by atoms with Crippen molar-refractivity contribution < 1.29 is 4.79 Å². The maximum absolute atomic E-state index is 12.5. The van der Waals surface area contributed by atoms with Crippen LogP contribution in [0, 0.1) is 11.3 Å². The van der Waals surface area contributed by atoms with E-state index in [0.717, 1.165) is 4.57 Å². The molecule has 1 aromatic carbocycles. The van der Waals surface area contributed by atoms with Crippen LogP contribution in [0.2, 0.25) is 0 Å². The average molecular weight is 308 g/mol. The van der Waals surface area contributed by atoms with E-state index in [1.54, 1.807) is 24.3 Å². The highest BCUT2D eigenvalue weighted by Gasteiger charge is 2.20. The molecule has 0 aliphatic carbocycles. The van der Waals surface area contributed by atoms with Crippen LogP contribution in [0.1, 0.15) is 16.1 Å². The van der Waals surface area contributed by atoms with Gasteiger partial charge in [0.05, 0.1) is 28.2 Å². The number of hydrogen-bond donors (Lipinski definition) is 1. The van der Waals surface area contributed by atoms with E-state index in [9.17, 15) is 14.4 Å². The van der Waals surface area contributed by atoms with Crippen molar-refractivity contribution in [2.75, 3.05) is 0 Å². The summed E-state index contributed by atoms with van der Waals surface area (Å²) in [6, 6.07) is 8.70. The zero-order chi connectivity index (χ0) is 16.7. The van der Waals surface area contributed by atoms with Crippen molar-refractivity contribution in [3.63, 3.8) is 0 Å². The first kappa shape index (κ1) is 14.5. The number of carbonyl (C=O) groups excluding carboxylic acids is 1. The molecule has 2 heterocycles. The smallest absolute Gasteiger partial charge is 0.331 e. The molecule has 0 radical (unpaired) electrons. The first-order valence-corrected chi connectivity index (χ1v) is 6.77. The van der Waals surface area contributed by atoms with E-state index in [1.807, 2.05) is 6.07 Å². The molecule has 0 saturated carbocycles. The lowest BCUT2D eigenvalue weighted by Gasteiger charge is -2.05. The van der Waals surface area contributed by atoms with E-state index in [2.05, 4.69) is 4.98 Å². The topological polar surface area (TPSA) is 101 Å². The zero-order valence-corrected chi connectivity index (χ0v) is 12.5. The van der Waals surface area contributed by atoms with Gasteiger partial charge in [-0.3, -0.25) is 18.7 Å². The standard InChI is InChI=1S/C16H12N4O3/c1-19-14-11(8-21)18-13(10-5-3-4-9(6-10)7-17)12(14)15(22)20(2)16(19)23/h3-6,8,18H,1-2H3. The van der Waals surface area contributed by atoms with Crippen LogP contribution in [0.4, 0.5) is 0 Å². The molecule has 2 aromatic heterocycles. The number of hydrogen-bond acceptors (Lipinski definition) is 4. The summed E-state index contributed by atoms with van der Waals surface area (Å²) < 4.78 is 2.25. The van der Waals surface area contributed by atoms with Gasteiger partial charge in [-0.25, -0.2) is 4.79 Å². The Morgan fingerprint density at radius 2 is 1.96 bits per heavy atom. The Labute approximate surface area is 130 Å². The van der Waals surface area contributed by atoms with Crippen LogP contribution < -0.4 is 11.2 Å². The maximum atomic E-state index is 12.5. The van der Waals surface area contributed by atoms with Crippen molar-refractivity contribution in [2.45, 2.75) is 0 Å². The quantitative estimate of drug-likeness (QED) is 0.711. The number of aromatic nitrogens is 3. The van der Waals surface area contributed by atoms with Gasteiger partial charge in [-0.2, -0.15) is 5.26 Å². The predicted octanol–water partition coefficient (Wildman–Crippen LogP) is 0.916. The highest BCUT2D eigenvalue weighted by molar-refractivity contribution is 6.02. The molecule has 3 aromatic rings. The zero-order valence-electron chi connectivity index (χ0n) is 12.5. The molecule has 0 fully saturated rings. The molecule has 0 aliphatic heterocycles. The van der Waals surface area contributed by atoms with Crippen LogP contribution in [0.5, 0.6) is 0 Å². The number of benzene rings is 1. The number of aryl methyl sites for hydroxylation is 1. The van der Waals surface area contributed by atoms with Gasteiger partial charge in [-0.05, 0) is 12.1 Å². The van der Waals surface area contributed by atoms with Gasteiger partial charge in [0.25, 0.3) is 5.56 Å². The van der Waals surface area contributed by atoms with E-state index >= 15 is 0 Å². The predicted molar refractivity (Wildman–Crippen MR) is 84.3 cm³/mol. The first-order valence-electron chi connectivity index (χ1n) is 6.77. The molecule has 0 amide bonds. The summed E-state index contributed by atoms with van der Waals surface area (Å²) in [4.78, 5) is 38.8. The lowest BCUT2D eigenvalue weighted by atomic mass is 10.1. The summed E-state index contributed by atoms with van der Waals surface area (Å²) in [6.07, 6.45) is 0.568. The normalized spacial score (nSPS) is 10.7. The third-order valence-corrected chi connectivity index (χ3v) is 3.83. The summed E-state index contributed by atoms with van der Waals surface area (Å²) in [5.41, 5.74) is 0.833. The molecule has 0 atom stereocenters. The fraction of sp³-hybridized carbons (Fsp3) is 0.125. The molecule has 3 rings (SSSR count). The SMILES string of the molecule is Cn1c(=O)c2c(-c3cccc(C#N)c3)[nH]c(C=O)c2n(C)c1=O. The van der Waals surface area contributed by atoms with E-state index < -0.39 is 11.2 Å². The Morgan fingerprint density at radius 1 is 1.22 bits per heavy atom. The largest absolute Gasteiger partial charge is 0.350 e. The molecule has 0 saturated heterocycles. The Hall–Kier alpha value is -3.40. The summed E-state index contributed by atoms with van der Waals surface area (Å²) in [5, 5.41) is 9.27. The fourth-order valence-electron chi connectivity index (χ4n) is 2.69. The molecule has 7 nitrogen and oxygen atoms in total. The Balaban J connectivity index is 2.53. The number of fused-ring (bicyclic) bond motifs is 1. The molecule has 0 unspecified atom stereocenters. The highest BCUT2D eigenvalue weighted by atomic mass is 16.2. The lowest BCUT2D eigenvalue weighted by Crippen LogP contribution is -2.36. The average Bonchev–Trinajstić information content (AvgIpc) is 2.97. The number of nitriles is 1. The molecular formula is C16H12N4O3. The minimum absolute atomic E-state index is 0.148. The van der Waals surface area contributed by atoms with Gasteiger partial charge in [0, 0.05) is 19.7 Å². The summed E-state index contributed by atoms with van der Waals surface area (Å²) in [7, 11) is 2.88. The van der Waals surface area contributed by atoms with Crippen LogP contribution in [-0.4, -0.2) is 20.4 Å². The summed E-state index contributed by atoms with van der Waals surface area (Å²) >= 11 is 0. The van der Waals surface area contributed by atoms with E-state index in [0.29, 0.717) is 23.1 Å². The number of H-pyrrole nitrogens is 1. The van der Waals surface area contributed by atoms with Crippen LogP contribution in [0.15, 0.2) is 33.9 Å². The van der Waals surface area contributed by atoms with Crippen LogP contribution in [0.3, 0.4) is 0 Å². The van der Waals surface area contributed by atoms with Gasteiger partial charge in [0.2, 0.25) is 0 Å². The van der Waals surface area contributed by atoms with E-state index in [-0.39, 0.29) is 16.6 Å². The van der Waals surface area contributed by atoms with Crippen LogP contribution in [0.25, 0.3) is 22.2 Å². The highest BCUT2D eigenvalue weighted by Crippen LogP contribution is 2.27. The number of aromatic amines is 1. The number of nitrogens with one attached hydrogen (secondary N) is 1. The second kappa shape index (κ2) is 5.10. The minimum Gasteiger partial charge on any atom is -0.350 e. The molecule has 7 heteroatoms. The molecule has 114 valence electrons. The van der Waals surface area contributed by atoms with Gasteiger partial charge >= 0.3 is 5.69 Å². The Bertz CT molecular complexity index is 1110. The third kappa shape index (κ3) is 2.00. The van der Waals surface area contributed by atoms with Crippen molar-refractivity contribution in [2.24, 2.45) is 14.1 Å². The van der Waals surface area contributed by atoms with E-state index in [1.165, 1.54) is 18.7 Å². The molecule has 1 N–H and O–H groups in total. The number of nitrogens with zero attached hydrogens (tertiary/aromatic N) is 3. The summed E-state index contributed by atoms with van der Waals surface area (Å²) in [6.45, 7) is 0. The second-order valence-electron chi connectivity index (χ2n) is 5.15. The van der Waals surface area contributed by atoms with Crippen molar-refractivity contribution in [1.29, 1.82) is 5.26 Å². The number of rotatable bonds is 2. The number of carbonyl (C=O) groups is 1. The van der Waals surface area contributed by atoms with E-state index in [4.69, 9.17) is 5.26 Å². The van der Waals surface area contributed by atoms with Gasteiger partial charge in [-0.15, -0.1) is 0 Å².